The van der Waals surface area contributed by atoms with Crippen molar-refractivity contribution in [1.29, 1.82) is 0 Å². The molecule has 6 heteroatoms. The quantitative estimate of drug-likeness (QED) is 0.890. The van der Waals surface area contributed by atoms with E-state index in [-0.39, 0.29) is 0 Å². The van der Waals surface area contributed by atoms with Gasteiger partial charge in [0.2, 0.25) is 0 Å². The molecule has 0 bridgehead atoms. The molecule has 3 unspecified atom stereocenters. The zero-order chi connectivity index (χ0) is 13.0. The van der Waals surface area contributed by atoms with Gasteiger partial charge in [0, 0.05) is 41.5 Å². The molecule has 1 saturated heterocycles. The van der Waals surface area contributed by atoms with Crippen LogP contribution in [0.15, 0.2) is 6.33 Å². The summed E-state index contributed by atoms with van der Waals surface area (Å²) in [5.74, 6) is 3.63. The summed E-state index contributed by atoms with van der Waals surface area (Å²) in [4.78, 5) is 4.35. The van der Waals surface area contributed by atoms with Gasteiger partial charge in [0.25, 0.3) is 0 Å². The summed E-state index contributed by atoms with van der Waals surface area (Å²) in [7, 11) is 4.03. The number of thioether (sulfide) groups is 2. The summed E-state index contributed by atoms with van der Waals surface area (Å²) in [6, 6.07) is 0.482. The van der Waals surface area contributed by atoms with Crippen molar-refractivity contribution in [3.05, 3.63) is 12.2 Å². The van der Waals surface area contributed by atoms with Crippen molar-refractivity contribution in [2.45, 2.75) is 36.3 Å². The molecule has 1 fully saturated rings. The number of nitrogens with one attached hydrogen (secondary N) is 1. The van der Waals surface area contributed by atoms with Gasteiger partial charge in [-0.2, -0.15) is 28.6 Å². The Labute approximate surface area is 118 Å². The third-order valence-electron chi connectivity index (χ3n) is 3.47. The second kappa shape index (κ2) is 6.82. The minimum Gasteiger partial charge on any atom is -0.315 e. The van der Waals surface area contributed by atoms with E-state index in [0.717, 1.165) is 17.5 Å². The van der Waals surface area contributed by atoms with E-state index in [1.807, 2.05) is 11.7 Å². The molecule has 2 rings (SSSR count). The topological polar surface area (TPSA) is 42.7 Å². The van der Waals surface area contributed by atoms with Gasteiger partial charge in [-0.25, -0.2) is 4.98 Å². The van der Waals surface area contributed by atoms with Crippen LogP contribution in [0.2, 0.25) is 0 Å². The normalized spacial score (nSPS) is 26.2. The van der Waals surface area contributed by atoms with Crippen molar-refractivity contribution < 1.29 is 0 Å². The molecule has 0 amide bonds. The van der Waals surface area contributed by atoms with E-state index in [4.69, 9.17) is 0 Å². The van der Waals surface area contributed by atoms with Crippen LogP contribution in [0.3, 0.4) is 0 Å². The SMILES string of the molecule is CCC1SCCSC1C(Cc1ncnn1C)NC. The molecule has 102 valence electrons. The Morgan fingerprint density at radius 3 is 2.89 bits per heavy atom. The van der Waals surface area contributed by atoms with E-state index >= 15 is 0 Å². The van der Waals surface area contributed by atoms with Gasteiger partial charge in [-0.3, -0.25) is 4.68 Å². The molecule has 18 heavy (non-hydrogen) atoms. The van der Waals surface area contributed by atoms with Gasteiger partial charge in [0.1, 0.15) is 12.2 Å². The maximum atomic E-state index is 4.35. The van der Waals surface area contributed by atoms with Crippen molar-refractivity contribution in [2.75, 3.05) is 18.6 Å². The second-order valence-electron chi connectivity index (χ2n) is 4.55. The smallest absolute Gasteiger partial charge is 0.138 e. The fourth-order valence-electron chi connectivity index (χ4n) is 2.40. The van der Waals surface area contributed by atoms with Crippen LogP contribution in [-0.2, 0) is 13.5 Å². The van der Waals surface area contributed by atoms with Gasteiger partial charge in [-0.15, -0.1) is 0 Å². The molecule has 1 aromatic heterocycles. The minimum atomic E-state index is 0.482. The lowest BCUT2D eigenvalue weighted by atomic mass is 10.1. The van der Waals surface area contributed by atoms with Gasteiger partial charge in [0.05, 0.1) is 0 Å². The van der Waals surface area contributed by atoms with Crippen LogP contribution in [0.1, 0.15) is 19.2 Å². The fourth-order valence-corrected chi connectivity index (χ4v) is 5.70. The molecule has 0 saturated carbocycles. The highest BCUT2D eigenvalue weighted by Gasteiger charge is 2.31. The van der Waals surface area contributed by atoms with Crippen LogP contribution in [0.25, 0.3) is 0 Å². The molecular weight excluding hydrogens is 264 g/mol. The summed E-state index contributed by atoms with van der Waals surface area (Å²) < 4.78 is 1.88. The van der Waals surface area contributed by atoms with E-state index in [0.29, 0.717) is 11.3 Å². The van der Waals surface area contributed by atoms with E-state index in [1.54, 1.807) is 6.33 Å². The Kier molecular flexibility index (Phi) is 5.38. The lowest BCUT2D eigenvalue weighted by Gasteiger charge is -2.35. The Bertz CT molecular complexity index is 369. The third-order valence-corrected chi connectivity index (χ3v) is 6.88. The van der Waals surface area contributed by atoms with E-state index in [2.05, 4.69) is 52.9 Å². The number of nitrogens with zero attached hydrogens (tertiary/aromatic N) is 3. The average Bonchev–Trinajstić information content (AvgIpc) is 2.81. The fraction of sp³-hybridized carbons (Fsp3) is 0.833. The Balaban J connectivity index is 2.05. The van der Waals surface area contributed by atoms with Crippen LogP contribution < -0.4 is 5.32 Å². The molecule has 0 spiro atoms. The van der Waals surface area contributed by atoms with Crippen molar-refractivity contribution in [1.82, 2.24) is 20.1 Å². The molecule has 1 aliphatic heterocycles. The van der Waals surface area contributed by atoms with E-state index in [9.17, 15) is 0 Å². The van der Waals surface area contributed by atoms with Crippen LogP contribution in [-0.4, -0.2) is 49.9 Å². The molecular formula is C12H22N4S2. The molecule has 1 N–H and O–H groups in total. The van der Waals surface area contributed by atoms with Crippen LogP contribution in [0.4, 0.5) is 0 Å². The van der Waals surface area contributed by atoms with E-state index < -0.39 is 0 Å². The van der Waals surface area contributed by atoms with E-state index in [1.165, 1.54) is 17.9 Å². The van der Waals surface area contributed by atoms with Crippen molar-refractivity contribution >= 4 is 23.5 Å². The van der Waals surface area contributed by atoms with Gasteiger partial charge < -0.3 is 5.32 Å². The van der Waals surface area contributed by atoms with Crippen molar-refractivity contribution in [3.8, 4) is 0 Å². The van der Waals surface area contributed by atoms with Crippen molar-refractivity contribution in [2.24, 2.45) is 7.05 Å². The predicted molar refractivity (Wildman–Crippen MR) is 80.3 cm³/mol. The number of aromatic nitrogens is 3. The molecule has 4 nitrogen and oxygen atoms in total. The summed E-state index contributed by atoms with van der Waals surface area (Å²) in [6.07, 6.45) is 3.85. The van der Waals surface area contributed by atoms with Crippen LogP contribution in [0.5, 0.6) is 0 Å². The monoisotopic (exact) mass is 286 g/mol. The molecule has 1 aliphatic rings. The first-order valence-corrected chi connectivity index (χ1v) is 8.59. The first kappa shape index (κ1) is 14.2. The van der Waals surface area contributed by atoms with Gasteiger partial charge >= 0.3 is 0 Å². The van der Waals surface area contributed by atoms with Crippen LogP contribution in [0, 0.1) is 0 Å². The van der Waals surface area contributed by atoms with Gasteiger partial charge in [0.15, 0.2) is 0 Å². The maximum Gasteiger partial charge on any atom is 0.138 e. The number of hydrogen-bond acceptors (Lipinski definition) is 5. The maximum absolute atomic E-state index is 4.35. The molecule has 1 aromatic rings. The van der Waals surface area contributed by atoms with Crippen molar-refractivity contribution in [3.63, 3.8) is 0 Å². The Hall–Kier alpha value is -0.200. The average molecular weight is 286 g/mol. The number of aryl methyl sites for hydroxylation is 1. The highest BCUT2D eigenvalue weighted by molar-refractivity contribution is 8.07. The summed E-state index contributed by atoms with van der Waals surface area (Å²) in [5, 5.41) is 9.08. The standard InChI is InChI=1S/C12H22N4S2/c1-4-10-12(18-6-5-17-10)9(13-2)7-11-14-8-15-16(11)3/h8-10,12-13H,4-7H2,1-3H3. The predicted octanol–water partition coefficient (Wildman–Crippen LogP) is 1.57. The lowest BCUT2D eigenvalue weighted by Crippen LogP contribution is -2.45. The van der Waals surface area contributed by atoms with Crippen LogP contribution >= 0.6 is 23.5 Å². The number of hydrogen-bond donors (Lipinski definition) is 1. The third kappa shape index (κ3) is 3.22. The molecule has 3 atom stereocenters. The second-order valence-corrected chi connectivity index (χ2v) is 7.19. The Morgan fingerprint density at radius 1 is 1.50 bits per heavy atom. The molecule has 0 aliphatic carbocycles. The Morgan fingerprint density at radius 2 is 2.28 bits per heavy atom. The first-order valence-electron chi connectivity index (χ1n) is 6.49. The largest absolute Gasteiger partial charge is 0.315 e. The zero-order valence-corrected chi connectivity index (χ0v) is 12.9. The lowest BCUT2D eigenvalue weighted by molar-refractivity contribution is 0.496. The minimum absolute atomic E-state index is 0.482. The molecule has 0 radical (unpaired) electrons. The first-order chi connectivity index (χ1) is 8.76. The summed E-state index contributed by atoms with van der Waals surface area (Å²) in [6.45, 7) is 2.30. The molecule has 2 heterocycles. The summed E-state index contributed by atoms with van der Waals surface area (Å²) >= 11 is 4.24. The zero-order valence-electron chi connectivity index (χ0n) is 11.3. The number of rotatable bonds is 5. The highest BCUT2D eigenvalue weighted by atomic mass is 32.2. The summed E-state index contributed by atoms with van der Waals surface area (Å²) in [5.41, 5.74) is 0. The molecule has 0 aromatic carbocycles. The number of likely N-dealkylation sites (N-methyl/N-ethyl adjacent to an activating group) is 1. The van der Waals surface area contributed by atoms with Gasteiger partial charge in [-0.1, -0.05) is 6.92 Å². The highest BCUT2D eigenvalue weighted by Crippen LogP contribution is 2.35. The van der Waals surface area contributed by atoms with Gasteiger partial charge in [-0.05, 0) is 13.5 Å².